The minimum absolute atomic E-state index is 0.353. The molecule has 0 bridgehead atoms. The lowest BCUT2D eigenvalue weighted by atomic mass is 10.3. The standard InChI is InChI=1S/C11H11NO2S/c13-11(14)10-4-1-6-12(10)7-5-9-3-2-8-15-9/h1-4,6,8H,5,7H2,(H,13,14). The number of hydrogen-bond donors (Lipinski definition) is 1. The van der Waals surface area contributed by atoms with Crippen LogP contribution in [0.3, 0.4) is 0 Å². The van der Waals surface area contributed by atoms with Crippen molar-refractivity contribution in [2.75, 3.05) is 0 Å². The van der Waals surface area contributed by atoms with Crippen LogP contribution in [0, 0.1) is 0 Å². The predicted octanol–water partition coefficient (Wildman–Crippen LogP) is 2.49. The van der Waals surface area contributed by atoms with Gasteiger partial charge in [0, 0.05) is 17.6 Å². The number of carbonyl (C=O) groups is 1. The Hall–Kier alpha value is -1.55. The molecule has 0 aromatic carbocycles. The zero-order valence-corrected chi connectivity index (χ0v) is 8.91. The third kappa shape index (κ3) is 2.27. The van der Waals surface area contributed by atoms with Crippen molar-refractivity contribution in [2.24, 2.45) is 0 Å². The maximum absolute atomic E-state index is 10.8. The summed E-state index contributed by atoms with van der Waals surface area (Å²) in [6, 6.07) is 7.46. The zero-order valence-electron chi connectivity index (χ0n) is 8.09. The molecule has 78 valence electrons. The number of aryl methyl sites for hydroxylation is 2. The summed E-state index contributed by atoms with van der Waals surface area (Å²) in [5.41, 5.74) is 0.353. The van der Waals surface area contributed by atoms with Gasteiger partial charge in [0.05, 0.1) is 0 Å². The first kappa shape index (κ1) is 9.98. The molecular weight excluding hydrogens is 210 g/mol. The Bertz CT molecular complexity index is 445. The summed E-state index contributed by atoms with van der Waals surface area (Å²) in [7, 11) is 0. The molecule has 0 saturated heterocycles. The zero-order chi connectivity index (χ0) is 10.7. The topological polar surface area (TPSA) is 42.2 Å². The normalized spacial score (nSPS) is 10.4. The van der Waals surface area contributed by atoms with Crippen LogP contribution in [0.15, 0.2) is 35.8 Å². The third-order valence-electron chi connectivity index (χ3n) is 2.23. The molecule has 15 heavy (non-hydrogen) atoms. The van der Waals surface area contributed by atoms with Crippen molar-refractivity contribution in [3.63, 3.8) is 0 Å². The second-order valence-corrected chi connectivity index (χ2v) is 4.25. The molecule has 0 spiro atoms. The van der Waals surface area contributed by atoms with Gasteiger partial charge in [-0.3, -0.25) is 0 Å². The molecule has 0 unspecified atom stereocenters. The van der Waals surface area contributed by atoms with Gasteiger partial charge in [0.2, 0.25) is 0 Å². The van der Waals surface area contributed by atoms with Gasteiger partial charge >= 0.3 is 5.97 Å². The van der Waals surface area contributed by atoms with Crippen LogP contribution in [0.2, 0.25) is 0 Å². The van der Waals surface area contributed by atoms with Gasteiger partial charge in [-0.15, -0.1) is 11.3 Å². The summed E-state index contributed by atoms with van der Waals surface area (Å²) >= 11 is 1.70. The van der Waals surface area contributed by atoms with Gasteiger partial charge in [-0.05, 0) is 30.0 Å². The first-order valence-corrected chi connectivity index (χ1v) is 5.56. The fourth-order valence-corrected chi connectivity index (χ4v) is 2.19. The average Bonchev–Trinajstić information content (AvgIpc) is 2.86. The molecule has 3 nitrogen and oxygen atoms in total. The Morgan fingerprint density at radius 2 is 2.27 bits per heavy atom. The van der Waals surface area contributed by atoms with Crippen molar-refractivity contribution in [2.45, 2.75) is 13.0 Å². The van der Waals surface area contributed by atoms with Gasteiger partial charge in [0.15, 0.2) is 0 Å². The molecule has 0 saturated carbocycles. The van der Waals surface area contributed by atoms with E-state index in [1.165, 1.54) is 4.88 Å². The van der Waals surface area contributed by atoms with E-state index in [1.54, 1.807) is 34.2 Å². The average molecular weight is 221 g/mol. The van der Waals surface area contributed by atoms with E-state index in [9.17, 15) is 4.79 Å². The highest BCUT2D eigenvalue weighted by atomic mass is 32.1. The summed E-state index contributed by atoms with van der Waals surface area (Å²) in [6.07, 6.45) is 2.68. The van der Waals surface area contributed by atoms with Crippen molar-refractivity contribution >= 4 is 17.3 Å². The summed E-state index contributed by atoms with van der Waals surface area (Å²) in [6.45, 7) is 0.717. The Morgan fingerprint density at radius 3 is 2.93 bits per heavy atom. The van der Waals surface area contributed by atoms with Gasteiger partial charge in [-0.1, -0.05) is 6.07 Å². The largest absolute Gasteiger partial charge is 0.477 e. The van der Waals surface area contributed by atoms with Crippen molar-refractivity contribution in [1.29, 1.82) is 0 Å². The van der Waals surface area contributed by atoms with Crippen LogP contribution in [-0.4, -0.2) is 15.6 Å². The van der Waals surface area contributed by atoms with E-state index in [0.717, 1.165) is 13.0 Å². The lowest BCUT2D eigenvalue weighted by molar-refractivity contribution is 0.0685. The molecule has 2 aromatic rings. The van der Waals surface area contributed by atoms with E-state index >= 15 is 0 Å². The SMILES string of the molecule is O=C(O)c1cccn1CCc1cccs1. The second kappa shape index (κ2) is 4.31. The number of carboxylic acid groups (broad SMARTS) is 1. The quantitative estimate of drug-likeness (QED) is 0.861. The highest BCUT2D eigenvalue weighted by molar-refractivity contribution is 7.09. The lowest BCUT2D eigenvalue weighted by Gasteiger charge is -2.04. The molecule has 0 radical (unpaired) electrons. The fraction of sp³-hybridized carbons (Fsp3) is 0.182. The molecule has 0 aliphatic heterocycles. The highest BCUT2D eigenvalue weighted by Crippen LogP contribution is 2.11. The molecule has 0 aliphatic carbocycles. The van der Waals surface area contributed by atoms with E-state index in [0.29, 0.717) is 5.69 Å². The van der Waals surface area contributed by atoms with Crippen molar-refractivity contribution in [1.82, 2.24) is 4.57 Å². The van der Waals surface area contributed by atoms with Gasteiger partial charge < -0.3 is 9.67 Å². The van der Waals surface area contributed by atoms with Crippen LogP contribution in [-0.2, 0) is 13.0 Å². The minimum atomic E-state index is -0.869. The van der Waals surface area contributed by atoms with Gasteiger partial charge in [0.1, 0.15) is 5.69 Å². The first-order valence-electron chi connectivity index (χ1n) is 4.68. The Balaban J connectivity index is 2.05. The Kier molecular flexibility index (Phi) is 2.87. The van der Waals surface area contributed by atoms with Crippen LogP contribution in [0.4, 0.5) is 0 Å². The first-order chi connectivity index (χ1) is 7.27. The molecule has 2 aromatic heterocycles. The Labute approximate surface area is 91.6 Å². The summed E-state index contributed by atoms with van der Waals surface area (Å²) in [5.74, 6) is -0.869. The summed E-state index contributed by atoms with van der Waals surface area (Å²) < 4.78 is 1.77. The van der Waals surface area contributed by atoms with E-state index in [4.69, 9.17) is 5.11 Å². The van der Waals surface area contributed by atoms with Crippen molar-refractivity contribution in [3.05, 3.63) is 46.4 Å². The monoisotopic (exact) mass is 221 g/mol. The molecule has 0 atom stereocenters. The number of thiophene rings is 1. The minimum Gasteiger partial charge on any atom is -0.477 e. The van der Waals surface area contributed by atoms with E-state index in [2.05, 4.69) is 6.07 Å². The van der Waals surface area contributed by atoms with Crippen LogP contribution in [0.5, 0.6) is 0 Å². The maximum Gasteiger partial charge on any atom is 0.352 e. The van der Waals surface area contributed by atoms with Crippen LogP contribution >= 0.6 is 11.3 Å². The van der Waals surface area contributed by atoms with E-state index < -0.39 is 5.97 Å². The molecule has 2 heterocycles. The molecule has 0 fully saturated rings. The van der Waals surface area contributed by atoms with Crippen LogP contribution in [0.1, 0.15) is 15.4 Å². The lowest BCUT2D eigenvalue weighted by Crippen LogP contribution is -2.08. The highest BCUT2D eigenvalue weighted by Gasteiger charge is 2.07. The molecule has 4 heteroatoms. The third-order valence-corrected chi connectivity index (χ3v) is 3.16. The summed E-state index contributed by atoms with van der Waals surface area (Å²) in [5, 5.41) is 10.9. The number of nitrogens with zero attached hydrogens (tertiary/aromatic N) is 1. The second-order valence-electron chi connectivity index (χ2n) is 3.22. The molecule has 2 rings (SSSR count). The van der Waals surface area contributed by atoms with Gasteiger partial charge in [0.25, 0.3) is 0 Å². The summed E-state index contributed by atoms with van der Waals surface area (Å²) in [4.78, 5) is 12.1. The van der Waals surface area contributed by atoms with Gasteiger partial charge in [-0.2, -0.15) is 0 Å². The van der Waals surface area contributed by atoms with Crippen molar-refractivity contribution < 1.29 is 9.90 Å². The smallest absolute Gasteiger partial charge is 0.352 e. The van der Waals surface area contributed by atoms with Gasteiger partial charge in [-0.25, -0.2) is 4.79 Å². The number of hydrogen-bond acceptors (Lipinski definition) is 2. The number of rotatable bonds is 4. The predicted molar refractivity (Wildman–Crippen MR) is 59.4 cm³/mol. The van der Waals surface area contributed by atoms with E-state index in [-0.39, 0.29) is 0 Å². The Morgan fingerprint density at radius 1 is 1.40 bits per heavy atom. The molecular formula is C11H11NO2S. The molecule has 0 aliphatic rings. The number of aromatic carboxylic acids is 1. The number of aromatic nitrogens is 1. The molecule has 1 N–H and O–H groups in total. The van der Waals surface area contributed by atoms with Crippen LogP contribution in [0.25, 0.3) is 0 Å². The maximum atomic E-state index is 10.8. The van der Waals surface area contributed by atoms with Crippen molar-refractivity contribution in [3.8, 4) is 0 Å². The van der Waals surface area contributed by atoms with E-state index in [1.807, 2.05) is 11.4 Å². The number of carboxylic acids is 1. The fourth-order valence-electron chi connectivity index (χ4n) is 1.49. The molecule has 0 amide bonds. The van der Waals surface area contributed by atoms with Crippen LogP contribution < -0.4 is 0 Å².